The van der Waals surface area contributed by atoms with Crippen molar-refractivity contribution in [1.29, 1.82) is 0 Å². The summed E-state index contributed by atoms with van der Waals surface area (Å²) in [5.74, 6) is 0. The zero-order valence-corrected chi connectivity index (χ0v) is 18.9. The van der Waals surface area contributed by atoms with Gasteiger partial charge in [-0.3, -0.25) is 0 Å². The highest BCUT2D eigenvalue weighted by atomic mass is 79.9. The fourth-order valence-electron chi connectivity index (χ4n) is 3.51. The summed E-state index contributed by atoms with van der Waals surface area (Å²) < 4.78 is 26.8. The number of sulfone groups is 1. The molecular formula is C24H16BrNO2S2. The number of hydrogen-bond donors (Lipinski definition) is 0. The van der Waals surface area contributed by atoms with Gasteiger partial charge in [-0.05, 0) is 72.8 Å². The van der Waals surface area contributed by atoms with Crippen molar-refractivity contribution in [2.45, 2.75) is 19.6 Å². The Bertz CT molecular complexity index is 1290. The third kappa shape index (κ3) is 3.35. The zero-order valence-electron chi connectivity index (χ0n) is 15.7. The molecule has 0 saturated heterocycles. The van der Waals surface area contributed by atoms with Crippen molar-refractivity contribution in [2.24, 2.45) is 0 Å². The molecule has 1 aliphatic heterocycles. The summed E-state index contributed by atoms with van der Waals surface area (Å²) in [5.41, 5.74) is 3.10. The lowest BCUT2D eigenvalue weighted by Gasteiger charge is -2.32. The van der Waals surface area contributed by atoms with Gasteiger partial charge in [-0.25, -0.2) is 8.42 Å². The van der Waals surface area contributed by atoms with Crippen LogP contribution in [0.1, 0.15) is 0 Å². The predicted octanol–water partition coefficient (Wildman–Crippen LogP) is 7.22. The molecule has 0 spiro atoms. The van der Waals surface area contributed by atoms with Crippen LogP contribution in [-0.4, -0.2) is 8.42 Å². The maximum atomic E-state index is 13.0. The number of nitrogens with zero attached hydrogens (tertiary/aromatic N) is 1. The molecule has 0 bridgehead atoms. The normalized spacial score (nSPS) is 12.9. The van der Waals surface area contributed by atoms with E-state index in [4.69, 9.17) is 0 Å². The molecule has 0 N–H and O–H groups in total. The molecule has 3 nitrogen and oxygen atoms in total. The second-order valence-electron chi connectivity index (χ2n) is 6.82. The van der Waals surface area contributed by atoms with E-state index < -0.39 is 9.84 Å². The molecule has 148 valence electrons. The number of benzene rings is 4. The van der Waals surface area contributed by atoms with Gasteiger partial charge in [-0.15, -0.1) is 0 Å². The number of rotatable bonds is 3. The van der Waals surface area contributed by atoms with Crippen LogP contribution in [0.5, 0.6) is 0 Å². The zero-order chi connectivity index (χ0) is 20.7. The smallest absolute Gasteiger partial charge is 0.206 e. The Morgan fingerprint density at radius 1 is 0.633 bits per heavy atom. The highest BCUT2D eigenvalue weighted by Crippen LogP contribution is 2.51. The third-order valence-electron chi connectivity index (χ3n) is 4.96. The molecule has 0 radical (unpaired) electrons. The number of fused-ring (bicyclic) bond motifs is 2. The standard InChI is InChI=1S/C24H16BrNO2S2/c25-17-9-13-19(14-10-17)30(27,28)20-15-11-18(12-16-20)26-21-5-1-3-7-23(21)29-24-8-4-2-6-22(24)26/h1-16H. The Morgan fingerprint density at radius 3 is 1.63 bits per heavy atom. The Balaban J connectivity index is 1.58. The van der Waals surface area contributed by atoms with Crippen LogP contribution in [0.25, 0.3) is 0 Å². The minimum absolute atomic E-state index is 0.279. The molecule has 0 aliphatic carbocycles. The molecular weight excluding hydrogens is 478 g/mol. The van der Waals surface area contributed by atoms with Crippen molar-refractivity contribution in [2.75, 3.05) is 4.90 Å². The van der Waals surface area contributed by atoms with Crippen LogP contribution in [0.2, 0.25) is 0 Å². The Hall–Kier alpha value is -2.54. The highest BCUT2D eigenvalue weighted by molar-refractivity contribution is 9.10. The van der Waals surface area contributed by atoms with Gasteiger partial charge in [0.15, 0.2) is 0 Å². The second kappa shape index (κ2) is 7.61. The summed E-state index contributed by atoms with van der Waals surface area (Å²) in [6.45, 7) is 0. The fraction of sp³-hybridized carbons (Fsp3) is 0. The summed E-state index contributed by atoms with van der Waals surface area (Å²) >= 11 is 5.09. The minimum atomic E-state index is -3.57. The lowest BCUT2D eigenvalue weighted by molar-refractivity contribution is 0.596. The molecule has 0 unspecified atom stereocenters. The van der Waals surface area contributed by atoms with E-state index in [2.05, 4.69) is 45.1 Å². The number of para-hydroxylation sites is 2. The maximum absolute atomic E-state index is 13.0. The molecule has 5 rings (SSSR count). The summed E-state index contributed by atoms with van der Waals surface area (Å²) in [4.78, 5) is 5.08. The topological polar surface area (TPSA) is 37.4 Å². The Kier molecular flexibility index (Phi) is 4.93. The number of anilines is 3. The molecule has 0 atom stereocenters. The largest absolute Gasteiger partial charge is 0.308 e. The van der Waals surface area contributed by atoms with Crippen LogP contribution >= 0.6 is 27.7 Å². The maximum Gasteiger partial charge on any atom is 0.206 e. The first-order valence-corrected chi connectivity index (χ1v) is 12.4. The summed E-state index contributed by atoms with van der Waals surface area (Å²) in [7, 11) is -3.57. The Morgan fingerprint density at radius 2 is 1.10 bits per heavy atom. The molecule has 0 fully saturated rings. The number of halogens is 1. The summed E-state index contributed by atoms with van der Waals surface area (Å²) in [6, 6.07) is 30.3. The van der Waals surface area contributed by atoms with Crippen LogP contribution < -0.4 is 4.90 Å². The molecule has 0 amide bonds. The van der Waals surface area contributed by atoms with Gasteiger partial charge in [0.2, 0.25) is 9.84 Å². The van der Waals surface area contributed by atoms with E-state index in [0.717, 1.165) is 21.5 Å². The predicted molar refractivity (Wildman–Crippen MR) is 125 cm³/mol. The second-order valence-corrected chi connectivity index (χ2v) is 10.8. The average Bonchev–Trinajstić information content (AvgIpc) is 2.78. The van der Waals surface area contributed by atoms with E-state index in [1.165, 1.54) is 9.79 Å². The average molecular weight is 494 g/mol. The van der Waals surface area contributed by atoms with Crippen LogP contribution in [0.15, 0.2) is 121 Å². The minimum Gasteiger partial charge on any atom is -0.308 e. The van der Waals surface area contributed by atoms with E-state index in [1.807, 2.05) is 36.4 Å². The van der Waals surface area contributed by atoms with Gasteiger partial charge in [0.1, 0.15) is 0 Å². The summed E-state index contributed by atoms with van der Waals surface area (Å²) in [6.07, 6.45) is 0. The van der Waals surface area contributed by atoms with Crippen LogP contribution in [0.4, 0.5) is 17.1 Å². The van der Waals surface area contributed by atoms with Gasteiger partial charge in [-0.2, -0.15) is 0 Å². The molecule has 0 saturated carbocycles. The third-order valence-corrected chi connectivity index (χ3v) is 8.41. The van der Waals surface area contributed by atoms with Crippen molar-refractivity contribution >= 4 is 54.6 Å². The van der Waals surface area contributed by atoms with E-state index in [1.54, 1.807) is 48.2 Å². The van der Waals surface area contributed by atoms with Gasteiger partial charge in [0, 0.05) is 20.0 Å². The van der Waals surface area contributed by atoms with Crippen LogP contribution in [0, 0.1) is 0 Å². The van der Waals surface area contributed by atoms with Gasteiger partial charge in [0.05, 0.1) is 21.2 Å². The van der Waals surface area contributed by atoms with Crippen molar-refractivity contribution in [1.82, 2.24) is 0 Å². The van der Waals surface area contributed by atoms with Crippen molar-refractivity contribution in [3.8, 4) is 0 Å². The molecule has 0 aromatic heterocycles. The van der Waals surface area contributed by atoms with E-state index in [-0.39, 0.29) is 9.79 Å². The van der Waals surface area contributed by atoms with Gasteiger partial charge >= 0.3 is 0 Å². The van der Waals surface area contributed by atoms with Crippen LogP contribution in [0.3, 0.4) is 0 Å². The summed E-state index contributed by atoms with van der Waals surface area (Å²) in [5, 5.41) is 0. The van der Waals surface area contributed by atoms with Gasteiger partial charge in [0.25, 0.3) is 0 Å². The Labute approximate surface area is 188 Å². The molecule has 4 aromatic rings. The molecule has 1 heterocycles. The molecule has 6 heteroatoms. The lowest BCUT2D eigenvalue weighted by atomic mass is 10.2. The van der Waals surface area contributed by atoms with Gasteiger partial charge < -0.3 is 4.90 Å². The van der Waals surface area contributed by atoms with Crippen LogP contribution in [-0.2, 0) is 9.84 Å². The molecule has 4 aromatic carbocycles. The highest BCUT2D eigenvalue weighted by Gasteiger charge is 2.25. The van der Waals surface area contributed by atoms with Crippen molar-refractivity contribution in [3.05, 3.63) is 102 Å². The first kappa shape index (κ1) is 19.4. The van der Waals surface area contributed by atoms with E-state index in [9.17, 15) is 8.42 Å². The van der Waals surface area contributed by atoms with Crippen molar-refractivity contribution < 1.29 is 8.42 Å². The van der Waals surface area contributed by atoms with Gasteiger partial charge in [-0.1, -0.05) is 52.0 Å². The first-order chi connectivity index (χ1) is 14.5. The first-order valence-electron chi connectivity index (χ1n) is 9.31. The SMILES string of the molecule is O=S(=O)(c1ccc(Br)cc1)c1ccc(N2c3ccccc3Sc3ccccc32)cc1. The van der Waals surface area contributed by atoms with E-state index >= 15 is 0 Å². The number of hydrogen-bond acceptors (Lipinski definition) is 4. The quantitative estimate of drug-likeness (QED) is 0.266. The van der Waals surface area contributed by atoms with E-state index in [0.29, 0.717) is 0 Å². The fourth-order valence-corrected chi connectivity index (χ4v) is 6.09. The lowest BCUT2D eigenvalue weighted by Crippen LogP contribution is -2.14. The molecule has 30 heavy (non-hydrogen) atoms. The monoisotopic (exact) mass is 493 g/mol. The van der Waals surface area contributed by atoms with Crippen molar-refractivity contribution in [3.63, 3.8) is 0 Å². The molecule has 1 aliphatic rings.